The van der Waals surface area contributed by atoms with E-state index in [2.05, 4.69) is 5.32 Å². The quantitative estimate of drug-likeness (QED) is 0.768. The van der Waals surface area contributed by atoms with E-state index in [1.54, 1.807) is 39.0 Å². The summed E-state index contributed by atoms with van der Waals surface area (Å²) in [7, 11) is 1.47. The smallest absolute Gasteiger partial charge is 0.412 e. The number of hydrogen-bond donors (Lipinski definition) is 3. The number of aliphatic hydroxyl groups is 1. The molecule has 0 bridgehead atoms. The standard InChI is InChI=1S/C16H23NO6/c1-15(2,3)23-14(20)17-12-7-6-11(22-5)8-10(12)9-16(4,21)13(18)19/h6-8,21H,9H2,1-5H3,(H,17,20)(H,18,19). The number of carboxylic acid groups (broad SMARTS) is 1. The van der Waals surface area contributed by atoms with Crippen LogP contribution in [0.3, 0.4) is 0 Å². The van der Waals surface area contributed by atoms with Gasteiger partial charge in [-0.25, -0.2) is 9.59 Å². The van der Waals surface area contributed by atoms with Gasteiger partial charge in [-0.2, -0.15) is 0 Å². The lowest BCUT2D eigenvalue weighted by Gasteiger charge is -2.23. The highest BCUT2D eigenvalue weighted by Gasteiger charge is 2.31. The molecule has 0 radical (unpaired) electrons. The van der Waals surface area contributed by atoms with Gasteiger partial charge in [0, 0.05) is 12.1 Å². The predicted molar refractivity (Wildman–Crippen MR) is 84.8 cm³/mol. The van der Waals surface area contributed by atoms with Crippen molar-refractivity contribution in [2.24, 2.45) is 0 Å². The fraction of sp³-hybridized carbons (Fsp3) is 0.500. The molecule has 128 valence electrons. The zero-order valence-corrected chi connectivity index (χ0v) is 14.0. The van der Waals surface area contributed by atoms with Crippen LogP contribution in [0.25, 0.3) is 0 Å². The molecule has 1 aromatic carbocycles. The van der Waals surface area contributed by atoms with E-state index < -0.39 is 23.3 Å². The molecule has 1 unspecified atom stereocenters. The number of carbonyl (C=O) groups is 2. The summed E-state index contributed by atoms with van der Waals surface area (Å²) in [5.74, 6) is -0.875. The van der Waals surface area contributed by atoms with Crippen molar-refractivity contribution in [2.45, 2.75) is 45.3 Å². The van der Waals surface area contributed by atoms with Crippen LogP contribution in [-0.2, 0) is 16.0 Å². The van der Waals surface area contributed by atoms with Gasteiger partial charge >= 0.3 is 12.1 Å². The first-order chi connectivity index (χ1) is 10.4. The predicted octanol–water partition coefficient (Wildman–Crippen LogP) is 2.42. The fourth-order valence-corrected chi connectivity index (χ4v) is 1.83. The summed E-state index contributed by atoms with van der Waals surface area (Å²) < 4.78 is 10.3. The van der Waals surface area contributed by atoms with Crippen molar-refractivity contribution in [3.63, 3.8) is 0 Å². The number of benzene rings is 1. The Kier molecular flexibility index (Phi) is 5.60. The Bertz CT molecular complexity index is 589. The normalized spacial score (nSPS) is 13.8. The monoisotopic (exact) mass is 325 g/mol. The number of aliphatic carboxylic acids is 1. The lowest BCUT2D eigenvalue weighted by molar-refractivity contribution is -0.156. The number of hydrogen-bond acceptors (Lipinski definition) is 5. The van der Waals surface area contributed by atoms with Gasteiger partial charge in [0.15, 0.2) is 5.60 Å². The Morgan fingerprint density at radius 1 is 1.22 bits per heavy atom. The van der Waals surface area contributed by atoms with Crippen molar-refractivity contribution >= 4 is 17.7 Å². The van der Waals surface area contributed by atoms with Gasteiger partial charge in [-0.1, -0.05) is 0 Å². The maximum atomic E-state index is 11.9. The van der Waals surface area contributed by atoms with Gasteiger partial charge < -0.3 is 19.7 Å². The van der Waals surface area contributed by atoms with E-state index in [1.807, 2.05) is 0 Å². The van der Waals surface area contributed by atoms with Crippen LogP contribution in [-0.4, -0.2) is 40.6 Å². The molecule has 1 atom stereocenters. The highest BCUT2D eigenvalue weighted by molar-refractivity contribution is 5.86. The minimum atomic E-state index is -1.98. The second kappa shape index (κ2) is 6.87. The minimum Gasteiger partial charge on any atom is -0.497 e. The van der Waals surface area contributed by atoms with E-state index >= 15 is 0 Å². The molecule has 0 spiro atoms. The molecule has 0 aliphatic heterocycles. The van der Waals surface area contributed by atoms with Crippen molar-refractivity contribution in [1.82, 2.24) is 0 Å². The summed E-state index contributed by atoms with van der Waals surface area (Å²) in [4.78, 5) is 23.0. The average molecular weight is 325 g/mol. The van der Waals surface area contributed by atoms with Crippen LogP contribution in [0.2, 0.25) is 0 Å². The van der Waals surface area contributed by atoms with E-state index in [4.69, 9.17) is 14.6 Å². The minimum absolute atomic E-state index is 0.204. The number of carbonyl (C=O) groups excluding carboxylic acids is 1. The fourth-order valence-electron chi connectivity index (χ4n) is 1.83. The summed E-state index contributed by atoms with van der Waals surface area (Å²) >= 11 is 0. The lowest BCUT2D eigenvalue weighted by atomic mass is 9.95. The molecule has 1 amide bonds. The number of nitrogens with one attached hydrogen (secondary N) is 1. The molecule has 1 rings (SSSR count). The molecule has 0 saturated heterocycles. The Labute approximate surface area is 135 Å². The van der Waals surface area contributed by atoms with Crippen LogP contribution in [0.4, 0.5) is 10.5 Å². The zero-order valence-electron chi connectivity index (χ0n) is 14.0. The molecule has 7 heteroatoms. The van der Waals surface area contributed by atoms with E-state index in [-0.39, 0.29) is 6.42 Å². The lowest BCUT2D eigenvalue weighted by Crippen LogP contribution is -2.37. The zero-order chi connectivity index (χ0) is 17.8. The molecule has 1 aromatic rings. The summed E-state index contributed by atoms with van der Waals surface area (Å²) in [6.45, 7) is 6.39. The Morgan fingerprint density at radius 2 is 1.83 bits per heavy atom. The van der Waals surface area contributed by atoms with Crippen molar-refractivity contribution in [3.05, 3.63) is 23.8 Å². The van der Waals surface area contributed by atoms with Crippen LogP contribution in [0, 0.1) is 0 Å². The maximum Gasteiger partial charge on any atom is 0.412 e. The van der Waals surface area contributed by atoms with Gasteiger partial charge in [0.1, 0.15) is 11.4 Å². The van der Waals surface area contributed by atoms with Crippen LogP contribution >= 0.6 is 0 Å². The van der Waals surface area contributed by atoms with Gasteiger partial charge in [-0.15, -0.1) is 0 Å². The maximum absolute atomic E-state index is 11.9. The number of amides is 1. The van der Waals surface area contributed by atoms with Gasteiger partial charge in [-0.05, 0) is 51.5 Å². The largest absolute Gasteiger partial charge is 0.497 e. The van der Waals surface area contributed by atoms with Crippen molar-refractivity contribution in [2.75, 3.05) is 12.4 Å². The SMILES string of the molecule is COc1ccc(NC(=O)OC(C)(C)C)c(CC(C)(O)C(=O)O)c1. The molecule has 0 saturated carbocycles. The number of anilines is 1. The Balaban J connectivity index is 3.07. The van der Waals surface area contributed by atoms with Crippen LogP contribution in [0.1, 0.15) is 33.3 Å². The van der Waals surface area contributed by atoms with Crippen molar-refractivity contribution in [3.8, 4) is 5.75 Å². The van der Waals surface area contributed by atoms with Gasteiger partial charge in [0.05, 0.1) is 7.11 Å². The van der Waals surface area contributed by atoms with Crippen LogP contribution in [0.5, 0.6) is 5.75 Å². The number of methoxy groups -OCH3 is 1. The van der Waals surface area contributed by atoms with Gasteiger partial charge in [0.25, 0.3) is 0 Å². The molecule has 0 aromatic heterocycles. The molecule has 0 fully saturated rings. The highest BCUT2D eigenvalue weighted by Crippen LogP contribution is 2.26. The average Bonchev–Trinajstić information content (AvgIpc) is 2.38. The topological polar surface area (TPSA) is 105 Å². The molecule has 0 heterocycles. The van der Waals surface area contributed by atoms with Crippen LogP contribution in [0.15, 0.2) is 18.2 Å². The Hall–Kier alpha value is -2.28. The summed E-state index contributed by atoms with van der Waals surface area (Å²) in [6, 6.07) is 4.74. The molecule has 0 aliphatic carbocycles. The van der Waals surface area contributed by atoms with Gasteiger partial charge in [-0.3, -0.25) is 5.32 Å². The third-order valence-electron chi connectivity index (χ3n) is 2.94. The first-order valence-electron chi connectivity index (χ1n) is 7.07. The first-order valence-corrected chi connectivity index (χ1v) is 7.07. The molecule has 0 aliphatic rings. The van der Waals surface area contributed by atoms with Crippen molar-refractivity contribution < 1.29 is 29.3 Å². The highest BCUT2D eigenvalue weighted by atomic mass is 16.6. The number of carboxylic acids is 1. The summed E-state index contributed by atoms with van der Waals surface area (Å²) in [5, 5.41) is 21.6. The third kappa shape index (κ3) is 5.78. The van der Waals surface area contributed by atoms with Crippen LogP contribution < -0.4 is 10.1 Å². The summed E-state index contributed by atoms with van der Waals surface area (Å²) in [6.07, 6.45) is -0.871. The Morgan fingerprint density at radius 3 is 2.30 bits per heavy atom. The second-order valence-corrected chi connectivity index (χ2v) is 6.41. The first kappa shape index (κ1) is 18.8. The van der Waals surface area contributed by atoms with Crippen molar-refractivity contribution in [1.29, 1.82) is 0 Å². The number of rotatable bonds is 5. The van der Waals surface area contributed by atoms with Gasteiger partial charge in [0.2, 0.25) is 0 Å². The molecule has 23 heavy (non-hydrogen) atoms. The van der Waals surface area contributed by atoms with E-state index in [9.17, 15) is 14.7 Å². The molecule has 3 N–H and O–H groups in total. The second-order valence-electron chi connectivity index (χ2n) is 6.41. The molecule has 7 nitrogen and oxygen atoms in total. The summed E-state index contributed by atoms with van der Waals surface area (Å²) in [5.41, 5.74) is -1.87. The molecular formula is C16H23NO6. The third-order valence-corrected chi connectivity index (χ3v) is 2.94. The van der Waals surface area contributed by atoms with E-state index in [1.165, 1.54) is 14.0 Å². The van der Waals surface area contributed by atoms with E-state index in [0.29, 0.717) is 17.0 Å². The molecular weight excluding hydrogens is 302 g/mol. The van der Waals surface area contributed by atoms with E-state index in [0.717, 1.165) is 0 Å². The number of ether oxygens (including phenoxy) is 2.